The van der Waals surface area contributed by atoms with Gasteiger partial charge in [-0.25, -0.2) is 4.98 Å². The lowest BCUT2D eigenvalue weighted by atomic mass is 10.1. The highest BCUT2D eigenvalue weighted by atomic mass is 16.5. The van der Waals surface area contributed by atoms with Gasteiger partial charge in [0.1, 0.15) is 5.82 Å². The van der Waals surface area contributed by atoms with Crippen LogP contribution in [0, 0.1) is 0 Å². The van der Waals surface area contributed by atoms with E-state index in [9.17, 15) is 4.79 Å². The van der Waals surface area contributed by atoms with Crippen molar-refractivity contribution in [2.75, 3.05) is 14.2 Å². The van der Waals surface area contributed by atoms with E-state index in [0.717, 1.165) is 0 Å². The Hall–Kier alpha value is -2.50. The van der Waals surface area contributed by atoms with Crippen LogP contribution in [0.2, 0.25) is 0 Å². The van der Waals surface area contributed by atoms with Crippen LogP contribution in [-0.2, 0) is 6.54 Å². The van der Waals surface area contributed by atoms with Crippen LogP contribution >= 0.6 is 0 Å². The van der Waals surface area contributed by atoms with Gasteiger partial charge in [-0.05, 0) is 12.1 Å². The molecule has 0 fully saturated rings. The minimum atomic E-state index is -0.243. The van der Waals surface area contributed by atoms with Crippen LogP contribution in [-0.4, -0.2) is 30.1 Å². The van der Waals surface area contributed by atoms with Gasteiger partial charge in [0.05, 0.1) is 26.3 Å². The quantitative estimate of drug-likeness (QED) is 0.852. The number of benzene rings is 1. The summed E-state index contributed by atoms with van der Waals surface area (Å²) >= 11 is 0. The van der Waals surface area contributed by atoms with Crippen molar-refractivity contribution >= 4 is 5.91 Å². The Labute approximate surface area is 110 Å². The number of carbonyl (C=O) groups is 1. The first kappa shape index (κ1) is 12.9. The molecule has 2 N–H and O–H groups in total. The van der Waals surface area contributed by atoms with E-state index >= 15 is 0 Å². The minimum Gasteiger partial charge on any atom is -0.493 e. The van der Waals surface area contributed by atoms with Crippen molar-refractivity contribution in [3.05, 3.63) is 42.0 Å². The molecule has 6 heteroatoms. The van der Waals surface area contributed by atoms with Gasteiger partial charge >= 0.3 is 0 Å². The normalized spacial score (nSPS) is 10.0. The van der Waals surface area contributed by atoms with Crippen LogP contribution in [0.25, 0.3) is 0 Å². The number of hydrogen-bond acceptors (Lipinski definition) is 4. The molecule has 0 saturated carbocycles. The molecule has 0 bridgehead atoms. The highest BCUT2D eigenvalue weighted by molar-refractivity contribution is 5.97. The van der Waals surface area contributed by atoms with Crippen molar-refractivity contribution in [3.8, 4) is 11.5 Å². The smallest absolute Gasteiger partial charge is 0.255 e. The van der Waals surface area contributed by atoms with Crippen LogP contribution in [0.5, 0.6) is 11.5 Å². The van der Waals surface area contributed by atoms with Gasteiger partial charge in [0, 0.05) is 12.4 Å². The second-order valence-corrected chi connectivity index (χ2v) is 3.76. The van der Waals surface area contributed by atoms with Crippen LogP contribution in [0.1, 0.15) is 16.2 Å². The summed E-state index contributed by atoms with van der Waals surface area (Å²) in [6.07, 6.45) is 3.33. The first-order chi connectivity index (χ1) is 9.26. The zero-order chi connectivity index (χ0) is 13.7. The molecule has 0 aliphatic heterocycles. The van der Waals surface area contributed by atoms with Crippen molar-refractivity contribution in [1.82, 2.24) is 15.3 Å². The zero-order valence-corrected chi connectivity index (χ0v) is 10.8. The molecule has 2 rings (SSSR count). The number of rotatable bonds is 5. The van der Waals surface area contributed by atoms with Gasteiger partial charge in [0.2, 0.25) is 0 Å². The van der Waals surface area contributed by atoms with Gasteiger partial charge in [0.25, 0.3) is 5.91 Å². The number of nitrogens with zero attached hydrogens (tertiary/aromatic N) is 1. The number of carbonyl (C=O) groups excluding carboxylic acids is 1. The molecule has 6 nitrogen and oxygen atoms in total. The number of aromatic amines is 1. The second-order valence-electron chi connectivity index (χ2n) is 3.76. The third-order valence-electron chi connectivity index (χ3n) is 2.62. The first-order valence-electron chi connectivity index (χ1n) is 5.73. The lowest BCUT2D eigenvalue weighted by molar-refractivity contribution is 0.0946. The number of imidazole rings is 1. The summed E-state index contributed by atoms with van der Waals surface area (Å²) in [5, 5.41) is 2.76. The van der Waals surface area contributed by atoms with Crippen LogP contribution < -0.4 is 14.8 Å². The fourth-order valence-electron chi connectivity index (χ4n) is 1.72. The van der Waals surface area contributed by atoms with E-state index in [4.69, 9.17) is 9.47 Å². The predicted octanol–water partition coefficient (Wildman–Crippen LogP) is 1.36. The van der Waals surface area contributed by atoms with Gasteiger partial charge in [0.15, 0.2) is 11.5 Å². The lowest BCUT2D eigenvalue weighted by Gasteiger charge is -2.12. The number of aromatic nitrogens is 2. The van der Waals surface area contributed by atoms with E-state index < -0.39 is 0 Å². The fraction of sp³-hybridized carbons (Fsp3) is 0.231. The summed E-state index contributed by atoms with van der Waals surface area (Å²) in [5.74, 6) is 1.39. The Bertz CT molecular complexity index is 552. The molecule has 19 heavy (non-hydrogen) atoms. The van der Waals surface area contributed by atoms with Gasteiger partial charge in [-0.15, -0.1) is 0 Å². The molecule has 2 aromatic rings. The largest absolute Gasteiger partial charge is 0.493 e. The van der Waals surface area contributed by atoms with Crippen LogP contribution in [0.15, 0.2) is 30.6 Å². The van der Waals surface area contributed by atoms with Gasteiger partial charge < -0.3 is 19.8 Å². The van der Waals surface area contributed by atoms with E-state index in [1.54, 1.807) is 30.6 Å². The summed E-state index contributed by atoms with van der Waals surface area (Å²) < 4.78 is 10.4. The summed E-state index contributed by atoms with van der Waals surface area (Å²) in [6.45, 7) is 0.326. The van der Waals surface area contributed by atoms with E-state index in [1.165, 1.54) is 14.2 Å². The maximum atomic E-state index is 12.1. The Morgan fingerprint density at radius 1 is 1.37 bits per heavy atom. The fourth-order valence-corrected chi connectivity index (χ4v) is 1.72. The summed E-state index contributed by atoms with van der Waals surface area (Å²) in [7, 11) is 3.03. The highest BCUT2D eigenvalue weighted by Crippen LogP contribution is 2.30. The predicted molar refractivity (Wildman–Crippen MR) is 69.3 cm³/mol. The summed E-state index contributed by atoms with van der Waals surface area (Å²) in [6, 6.07) is 5.16. The second kappa shape index (κ2) is 5.90. The lowest BCUT2D eigenvalue weighted by Crippen LogP contribution is -2.24. The minimum absolute atomic E-state index is 0.243. The van der Waals surface area contributed by atoms with Crippen LogP contribution in [0.4, 0.5) is 0 Å². The molecular formula is C13H15N3O3. The molecule has 1 amide bonds. The Morgan fingerprint density at radius 3 is 2.84 bits per heavy atom. The SMILES string of the molecule is COc1cccc(C(=O)NCc2ncc[nH]2)c1OC. The molecule has 1 heterocycles. The topological polar surface area (TPSA) is 76.2 Å². The Balaban J connectivity index is 2.14. The molecule has 0 unspecified atom stereocenters. The molecule has 0 spiro atoms. The van der Waals surface area contributed by atoms with Crippen molar-refractivity contribution in [1.29, 1.82) is 0 Å². The number of methoxy groups -OCH3 is 2. The van der Waals surface area contributed by atoms with Crippen LogP contribution in [0.3, 0.4) is 0 Å². The Kier molecular flexibility index (Phi) is 4.02. The molecule has 0 atom stereocenters. The molecule has 0 aliphatic rings. The standard InChI is InChI=1S/C13H15N3O3/c1-18-10-5-3-4-9(12(10)19-2)13(17)16-8-11-14-6-7-15-11/h3-7H,8H2,1-2H3,(H,14,15)(H,16,17). The van der Waals surface area contributed by atoms with E-state index in [1.807, 2.05) is 0 Å². The number of nitrogens with one attached hydrogen (secondary N) is 2. The maximum absolute atomic E-state index is 12.1. The summed E-state index contributed by atoms with van der Waals surface area (Å²) in [4.78, 5) is 19.0. The van der Waals surface area contributed by atoms with Gasteiger partial charge in [-0.2, -0.15) is 0 Å². The van der Waals surface area contributed by atoms with Gasteiger partial charge in [-0.1, -0.05) is 6.07 Å². The molecule has 0 aliphatic carbocycles. The maximum Gasteiger partial charge on any atom is 0.255 e. The Morgan fingerprint density at radius 2 is 2.21 bits per heavy atom. The van der Waals surface area contributed by atoms with E-state index in [-0.39, 0.29) is 5.91 Å². The molecule has 1 aromatic heterocycles. The van der Waals surface area contributed by atoms with Gasteiger partial charge in [-0.3, -0.25) is 4.79 Å². The van der Waals surface area contributed by atoms with Crippen molar-refractivity contribution in [2.24, 2.45) is 0 Å². The molecule has 0 saturated heterocycles. The van der Waals surface area contributed by atoms with E-state index in [0.29, 0.717) is 29.4 Å². The first-order valence-corrected chi connectivity index (χ1v) is 5.73. The average molecular weight is 261 g/mol. The van der Waals surface area contributed by atoms with Crippen molar-refractivity contribution in [2.45, 2.75) is 6.54 Å². The monoisotopic (exact) mass is 261 g/mol. The number of hydrogen-bond donors (Lipinski definition) is 2. The molecule has 1 aromatic carbocycles. The number of H-pyrrole nitrogens is 1. The van der Waals surface area contributed by atoms with Crippen molar-refractivity contribution in [3.63, 3.8) is 0 Å². The molecule has 100 valence electrons. The number of para-hydroxylation sites is 1. The summed E-state index contributed by atoms with van der Waals surface area (Å²) in [5.41, 5.74) is 0.424. The average Bonchev–Trinajstić information content (AvgIpc) is 2.97. The number of ether oxygens (including phenoxy) is 2. The van der Waals surface area contributed by atoms with Crippen molar-refractivity contribution < 1.29 is 14.3 Å². The van der Waals surface area contributed by atoms with E-state index in [2.05, 4.69) is 15.3 Å². The molecular weight excluding hydrogens is 246 g/mol. The number of amides is 1. The highest BCUT2D eigenvalue weighted by Gasteiger charge is 2.16. The zero-order valence-electron chi connectivity index (χ0n) is 10.8. The third-order valence-corrected chi connectivity index (χ3v) is 2.62. The third kappa shape index (κ3) is 2.85. The molecule has 0 radical (unpaired) electrons.